The molecule has 0 aliphatic carbocycles. The largest absolute Gasteiger partial charge is 0.444 e. The number of anilines is 2. The zero-order valence-corrected chi connectivity index (χ0v) is 17.2. The van der Waals surface area contributed by atoms with Crippen LogP contribution < -0.4 is 10.9 Å². The van der Waals surface area contributed by atoms with Crippen molar-refractivity contribution in [3.8, 4) is 0 Å². The predicted molar refractivity (Wildman–Crippen MR) is 107 cm³/mol. The fourth-order valence-electron chi connectivity index (χ4n) is 3.05. The van der Waals surface area contributed by atoms with Crippen molar-refractivity contribution in [2.45, 2.75) is 38.7 Å². The highest BCUT2D eigenvalue weighted by Gasteiger charge is 2.30. The fraction of sp³-hybridized carbons (Fsp3) is 0.474. The molecule has 28 heavy (non-hydrogen) atoms. The Kier molecular flexibility index (Phi) is 5.60. The van der Waals surface area contributed by atoms with Crippen molar-refractivity contribution in [3.63, 3.8) is 0 Å². The van der Waals surface area contributed by atoms with E-state index in [0.29, 0.717) is 24.6 Å². The number of likely N-dealkylation sites (tertiary alicyclic amines) is 1. The average Bonchev–Trinajstić information content (AvgIpc) is 3.09. The van der Waals surface area contributed by atoms with Crippen LogP contribution in [0.25, 0.3) is 0 Å². The molecule has 3 heterocycles. The molecule has 1 saturated heterocycles. The van der Waals surface area contributed by atoms with Crippen LogP contribution >= 0.6 is 11.6 Å². The smallest absolute Gasteiger partial charge is 0.410 e. The van der Waals surface area contributed by atoms with E-state index in [0.717, 1.165) is 12.0 Å². The van der Waals surface area contributed by atoms with Gasteiger partial charge in [-0.3, -0.25) is 4.79 Å². The van der Waals surface area contributed by atoms with Crippen LogP contribution in [0.5, 0.6) is 0 Å². The van der Waals surface area contributed by atoms with E-state index in [9.17, 15) is 9.59 Å². The number of ether oxygens (including phenoxy) is 1. The van der Waals surface area contributed by atoms with Gasteiger partial charge in [-0.1, -0.05) is 17.7 Å². The first-order valence-corrected chi connectivity index (χ1v) is 9.45. The van der Waals surface area contributed by atoms with E-state index in [1.807, 2.05) is 26.8 Å². The number of aromatic nitrogens is 3. The molecule has 1 amide bonds. The minimum absolute atomic E-state index is 0.206. The summed E-state index contributed by atoms with van der Waals surface area (Å²) < 4.78 is 6.61. The fourth-order valence-corrected chi connectivity index (χ4v) is 3.27. The zero-order valence-electron chi connectivity index (χ0n) is 16.4. The predicted octanol–water partition coefficient (Wildman–Crippen LogP) is 3.30. The number of nitrogens with zero attached hydrogens (tertiary/aromatic N) is 4. The molecule has 3 rings (SSSR count). The van der Waals surface area contributed by atoms with E-state index < -0.39 is 5.60 Å². The number of pyridine rings is 1. The van der Waals surface area contributed by atoms with Gasteiger partial charge in [0.05, 0.1) is 0 Å². The molecule has 1 fully saturated rings. The lowest BCUT2D eigenvalue weighted by Crippen LogP contribution is -2.35. The normalized spacial score (nSPS) is 16.9. The Hall–Kier alpha value is -2.61. The second kappa shape index (κ2) is 7.79. The molecule has 150 valence electrons. The molecule has 1 aliphatic heterocycles. The molecule has 0 bridgehead atoms. The summed E-state index contributed by atoms with van der Waals surface area (Å²) in [5.41, 5.74) is 0.549. The van der Waals surface area contributed by atoms with E-state index in [1.54, 1.807) is 17.2 Å². The maximum atomic E-state index is 12.2. The summed E-state index contributed by atoms with van der Waals surface area (Å²) in [4.78, 5) is 30.4. The standard InChI is InChI=1S/C19H24ClN5O3/c1-19(2,3)28-18(27)25-8-7-13(11-25)12-5-6-16(21-10-12)22-14-9-15(20)23-24(4)17(14)26/h5-6,9-10,13H,7-8,11H2,1-4H3,(H,21,22)/t13-/m0/s1. The van der Waals surface area contributed by atoms with Crippen molar-refractivity contribution in [2.24, 2.45) is 7.05 Å². The molecule has 0 unspecified atom stereocenters. The summed E-state index contributed by atoms with van der Waals surface area (Å²) in [6.07, 6.45) is 2.33. The molecule has 9 heteroatoms. The summed E-state index contributed by atoms with van der Waals surface area (Å²) >= 11 is 5.91. The Morgan fingerprint density at radius 3 is 2.75 bits per heavy atom. The van der Waals surface area contributed by atoms with Crippen LogP contribution in [0.2, 0.25) is 5.15 Å². The third kappa shape index (κ3) is 4.81. The van der Waals surface area contributed by atoms with E-state index in [-0.39, 0.29) is 22.7 Å². The number of amides is 1. The topological polar surface area (TPSA) is 89.3 Å². The van der Waals surface area contributed by atoms with Gasteiger partial charge in [-0.25, -0.2) is 14.5 Å². The maximum Gasteiger partial charge on any atom is 0.410 e. The molecule has 0 radical (unpaired) electrons. The number of carbonyl (C=O) groups excluding carboxylic acids is 1. The summed E-state index contributed by atoms with van der Waals surface area (Å²) in [6, 6.07) is 5.22. The molecule has 0 aromatic carbocycles. The van der Waals surface area contributed by atoms with Crippen LogP contribution in [0, 0.1) is 0 Å². The summed E-state index contributed by atoms with van der Waals surface area (Å²) in [6.45, 7) is 6.83. The van der Waals surface area contributed by atoms with Gasteiger partial charge in [0, 0.05) is 38.3 Å². The van der Waals surface area contributed by atoms with Gasteiger partial charge in [-0.2, -0.15) is 5.10 Å². The van der Waals surface area contributed by atoms with Gasteiger partial charge >= 0.3 is 6.09 Å². The van der Waals surface area contributed by atoms with Crippen molar-refractivity contribution in [1.82, 2.24) is 19.7 Å². The van der Waals surface area contributed by atoms with Crippen molar-refractivity contribution < 1.29 is 9.53 Å². The minimum atomic E-state index is -0.503. The quantitative estimate of drug-likeness (QED) is 0.842. The molecule has 0 saturated carbocycles. The molecular weight excluding hydrogens is 382 g/mol. The third-order valence-corrected chi connectivity index (χ3v) is 4.58. The van der Waals surface area contributed by atoms with Crippen LogP contribution in [-0.2, 0) is 11.8 Å². The number of halogens is 1. The molecule has 8 nitrogen and oxygen atoms in total. The van der Waals surface area contributed by atoms with Crippen LogP contribution in [0.4, 0.5) is 16.3 Å². The first-order chi connectivity index (χ1) is 13.1. The average molecular weight is 406 g/mol. The van der Waals surface area contributed by atoms with Crippen molar-refractivity contribution >= 4 is 29.2 Å². The number of aryl methyl sites for hydroxylation is 1. The SMILES string of the molecule is Cn1nc(Cl)cc(Nc2ccc([C@H]3CCN(C(=O)OC(C)(C)C)C3)cn2)c1=O. The van der Waals surface area contributed by atoms with Gasteiger partial charge in [0.25, 0.3) is 5.56 Å². The summed E-state index contributed by atoms with van der Waals surface area (Å²) in [5, 5.41) is 7.04. The van der Waals surface area contributed by atoms with Crippen LogP contribution in [0.1, 0.15) is 38.7 Å². The minimum Gasteiger partial charge on any atom is -0.444 e. The summed E-state index contributed by atoms with van der Waals surface area (Å²) in [5.74, 6) is 0.738. The first-order valence-electron chi connectivity index (χ1n) is 9.07. The van der Waals surface area contributed by atoms with Crippen molar-refractivity contribution in [3.05, 3.63) is 45.5 Å². The number of nitrogens with one attached hydrogen (secondary N) is 1. The molecule has 2 aromatic rings. The van der Waals surface area contributed by atoms with E-state index in [1.165, 1.54) is 17.8 Å². The van der Waals surface area contributed by atoms with Crippen LogP contribution in [-0.4, -0.2) is 44.4 Å². The first kappa shape index (κ1) is 20.1. The molecule has 1 N–H and O–H groups in total. The lowest BCUT2D eigenvalue weighted by Gasteiger charge is -2.24. The van der Waals surface area contributed by atoms with E-state index in [2.05, 4.69) is 15.4 Å². The van der Waals surface area contributed by atoms with Crippen molar-refractivity contribution in [2.75, 3.05) is 18.4 Å². The lowest BCUT2D eigenvalue weighted by atomic mass is 10.0. The Balaban J connectivity index is 1.66. The van der Waals surface area contributed by atoms with Gasteiger partial charge < -0.3 is 15.0 Å². The van der Waals surface area contributed by atoms with Crippen molar-refractivity contribution in [1.29, 1.82) is 0 Å². The Labute approximate surface area is 168 Å². The van der Waals surface area contributed by atoms with Gasteiger partial charge in [0.15, 0.2) is 5.15 Å². The Morgan fingerprint density at radius 2 is 2.11 bits per heavy atom. The number of hydrogen-bond donors (Lipinski definition) is 1. The summed E-state index contributed by atoms with van der Waals surface area (Å²) in [7, 11) is 1.53. The number of carbonyl (C=O) groups is 1. The Bertz CT molecular complexity index is 921. The van der Waals surface area contributed by atoms with Gasteiger partial charge in [0.1, 0.15) is 17.1 Å². The van der Waals surface area contributed by atoms with Gasteiger partial charge in [0.2, 0.25) is 0 Å². The molecule has 1 atom stereocenters. The molecule has 1 aliphatic rings. The third-order valence-electron chi connectivity index (χ3n) is 4.39. The van der Waals surface area contributed by atoms with Crippen LogP contribution in [0.3, 0.4) is 0 Å². The van der Waals surface area contributed by atoms with E-state index >= 15 is 0 Å². The highest BCUT2D eigenvalue weighted by atomic mass is 35.5. The Morgan fingerprint density at radius 1 is 1.36 bits per heavy atom. The zero-order chi connectivity index (χ0) is 20.5. The van der Waals surface area contributed by atoms with Crippen LogP contribution in [0.15, 0.2) is 29.2 Å². The van der Waals surface area contributed by atoms with Gasteiger partial charge in [-0.15, -0.1) is 0 Å². The second-order valence-electron chi connectivity index (χ2n) is 7.82. The number of rotatable bonds is 3. The molecular formula is C19H24ClN5O3. The monoisotopic (exact) mass is 405 g/mol. The highest BCUT2D eigenvalue weighted by Crippen LogP contribution is 2.28. The van der Waals surface area contributed by atoms with E-state index in [4.69, 9.17) is 16.3 Å². The highest BCUT2D eigenvalue weighted by molar-refractivity contribution is 6.29. The molecule has 0 spiro atoms. The second-order valence-corrected chi connectivity index (χ2v) is 8.21. The number of hydrogen-bond acceptors (Lipinski definition) is 6. The maximum absolute atomic E-state index is 12.2. The van der Waals surface area contributed by atoms with Gasteiger partial charge in [-0.05, 0) is 38.8 Å². The lowest BCUT2D eigenvalue weighted by molar-refractivity contribution is 0.0292. The molecule has 2 aromatic heterocycles.